The Labute approximate surface area is 171 Å². The molecule has 3 aromatic heterocycles. The van der Waals surface area contributed by atoms with Gasteiger partial charge in [-0.2, -0.15) is 5.10 Å². The van der Waals surface area contributed by atoms with Crippen molar-refractivity contribution in [2.24, 2.45) is 0 Å². The van der Waals surface area contributed by atoms with E-state index in [0.717, 1.165) is 41.0 Å². The third-order valence-electron chi connectivity index (χ3n) is 5.35. The van der Waals surface area contributed by atoms with Gasteiger partial charge in [0.25, 0.3) is 0 Å². The Balaban J connectivity index is 1.67. The molecule has 3 heterocycles. The molecule has 140 valence electrons. The Morgan fingerprint density at radius 2 is 2.04 bits per heavy atom. The van der Waals surface area contributed by atoms with E-state index in [1.54, 1.807) is 15.9 Å². The van der Waals surface area contributed by atoms with Crippen molar-refractivity contribution in [2.75, 3.05) is 0 Å². The Kier molecular flexibility index (Phi) is 4.29. The Morgan fingerprint density at radius 3 is 2.75 bits per heavy atom. The highest BCUT2D eigenvalue weighted by atomic mass is 35.5. The predicted molar refractivity (Wildman–Crippen MR) is 113 cm³/mol. The Bertz CT molecular complexity index is 1180. The van der Waals surface area contributed by atoms with Crippen LogP contribution in [0.25, 0.3) is 16.8 Å². The first kappa shape index (κ1) is 17.6. The molecule has 28 heavy (non-hydrogen) atoms. The highest BCUT2D eigenvalue weighted by molar-refractivity contribution is 7.10. The number of thiophene rings is 1. The molecule has 0 bridgehead atoms. The maximum Gasteiger partial charge on any atom is 0.166 e. The van der Waals surface area contributed by atoms with Crippen LogP contribution in [0.1, 0.15) is 45.9 Å². The number of aromatic nitrogens is 3. The second-order valence-corrected chi connectivity index (χ2v) is 8.51. The lowest BCUT2D eigenvalue weighted by Gasteiger charge is -2.22. The highest BCUT2D eigenvalue weighted by Gasteiger charge is 2.29. The third kappa shape index (κ3) is 2.86. The van der Waals surface area contributed by atoms with Crippen LogP contribution in [0.2, 0.25) is 5.02 Å². The minimum atomic E-state index is 0.149. The summed E-state index contributed by atoms with van der Waals surface area (Å²) in [7, 11) is 0. The third-order valence-corrected chi connectivity index (χ3v) is 6.63. The number of nitrogens with zero attached hydrogens (tertiary/aromatic N) is 3. The summed E-state index contributed by atoms with van der Waals surface area (Å²) >= 11 is 7.78. The number of benzene rings is 1. The molecule has 1 aliphatic rings. The van der Waals surface area contributed by atoms with E-state index in [1.807, 2.05) is 36.5 Å². The minimum absolute atomic E-state index is 0.149. The molecule has 6 heteroatoms. The molecule has 0 saturated heterocycles. The largest absolute Gasteiger partial charge is 0.294 e. The number of carbonyl (C=O) groups is 1. The number of hydrogen-bond acceptors (Lipinski definition) is 4. The SMILES string of the molecule is CCc1nn2cc3c(nc2c1-c1ccc(Cl)cc1)CC(c1cccs1)CC3=O. The minimum Gasteiger partial charge on any atom is -0.294 e. The molecule has 1 aliphatic carbocycles. The number of aryl methyl sites for hydroxylation is 1. The van der Waals surface area contributed by atoms with Gasteiger partial charge in [-0.05, 0) is 42.0 Å². The summed E-state index contributed by atoms with van der Waals surface area (Å²) in [5.41, 5.74) is 5.42. The lowest BCUT2D eigenvalue weighted by Crippen LogP contribution is -2.20. The number of Topliss-reactive ketones (excluding diaryl/α,β-unsaturated/α-hetero) is 1. The average molecular weight is 408 g/mol. The molecule has 1 unspecified atom stereocenters. The number of ketones is 1. The van der Waals surface area contributed by atoms with E-state index < -0.39 is 0 Å². The van der Waals surface area contributed by atoms with Gasteiger partial charge in [-0.25, -0.2) is 9.50 Å². The van der Waals surface area contributed by atoms with Gasteiger partial charge in [-0.3, -0.25) is 4.79 Å². The van der Waals surface area contributed by atoms with Crippen molar-refractivity contribution < 1.29 is 4.79 Å². The second-order valence-electron chi connectivity index (χ2n) is 7.10. The van der Waals surface area contributed by atoms with E-state index >= 15 is 0 Å². The molecule has 0 N–H and O–H groups in total. The van der Waals surface area contributed by atoms with Gasteiger partial charge < -0.3 is 0 Å². The zero-order chi connectivity index (χ0) is 19.3. The van der Waals surface area contributed by atoms with Crippen LogP contribution in [-0.4, -0.2) is 20.4 Å². The van der Waals surface area contributed by atoms with Crippen molar-refractivity contribution in [1.29, 1.82) is 0 Å². The molecule has 4 nitrogen and oxygen atoms in total. The Hall–Kier alpha value is -2.50. The summed E-state index contributed by atoms with van der Waals surface area (Å²) in [6, 6.07) is 11.9. The first-order valence-corrected chi connectivity index (χ1v) is 10.6. The van der Waals surface area contributed by atoms with Crippen LogP contribution in [0.15, 0.2) is 48.0 Å². The standard InChI is InChI=1S/C22H18ClN3OS/c1-2-17-21(13-5-7-15(23)8-6-13)22-24-18-10-14(20-4-3-9-28-20)11-19(27)16(18)12-26(22)25-17/h3-9,12,14H,2,10-11H2,1H3. The number of fused-ring (bicyclic) bond motifs is 2. The fourth-order valence-electron chi connectivity index (χ4n) is 3.97. The van der Waals surface area contributed by atoms with Gasteiger partial charge in [0.2, 0.25) is 0 Å². The van der Waals surface area contributed by atoms with Crippen molar-refractivity contribution in [2.45, 2.75) is 32.1 Å². The van der Waals surface area contributed by atoms with Crippen LogP contribution in [0, 0.1) is 0 Å². The summed E-state index contributed by atoms with van der Waals surface area (Å²) in [5.74, 6) is 0.359. The van der Waals surface area contributed by atoms with Crippen LogP contribution in [-0.2, 0) is 12.8 Å². The van der Waals surface area contributed by atoms with Gasteiger partial charge in [-0.1, -0.05) is 36.7 Å². The van der Waals surface area contributed by atoms with Gasteiger partial charge in [0, 0.05) is 34.0 Å². The molecule has 0 fully saturated rings. The van der Waals surface area contributed by atoms with Crippen LogP contribution in [0.5, 0.6) is 0 Å². The molecule has 0 aliphatic heterocycles. The molecule has 5 rings (SSSR count). The van der Waals surface area contributed by atoms with E-state index in [2.05, 4.69) is 18.4 Å². The fraction of sp³-hybridized carbons (Fsp3) is 0.227. The smallest absolute Gasteiger partial charge is 0.166 e. The Morgan fingerprint density at radius 1 is 1.21 bits per heavy atom. The predicted octanol–water partition coefficient (Wildman–Crippen LogP) is 5.59. The van der Waals surface area contributed by atoms with E-state index in [-0.39, 0.29) is 11.7 Å². The van der Waals surface area contributed by atoms with Gasteiger partial charge in [0.15, 0.2) is 11.4 Å². The molecule has 0 spiro atoms. The summed E-state index contributed by atoms with van der Waals surface area (Å²) in [6.07, 6.45) is 3.97. The van der Waals surface area contributed by atoms with Gasteiger partial charge in [-0.15, -0.1) is 11.3 Å². The number of rotatable bonds is 3. The van der Waals surface area contributed by atoms with E-state index in [4.69, 9.17) is 21.7 Å². The maximum absolute atomic E-state index is 12.8. The van der Waals surface area contributed by atoms with E-state index in [0.29, 0.717) is 17.0 Å². The normalized spacial score (nSPS) is 16.5. The molecular weight excluding hydrogens is 390 g/mol. The van der Waals surface area contributed by atoms with Crippen molar-refractivity contribution in [1.82, 2.24) is 14.6 Å². The quantitative estimate of drug-likeness (QED) is 0.445. The lowest BCUT2D eigenvalue weighted by atomic mass is 9.85. The van der Waals surface area contributed by atoms with Gasteiger partial charge in [0.1, 0.15) is 0 Å². The number of hydrogen-bond donors (Lipinski definition) is 0. The summed E-state index contributed by atoms with van der Waals surface area (Å²) in [4.78, 5) is 19.0. The van der Waals surface area contributed by atoms with E-state index in [9.17, 15) is 4.79 Å². The zero-order valence-electron chi connectivity index (χ0n) is 15.4. The summed E-state index contributed by atoms with van der Waals surface area (Å²) in [6.45, 7) is 2.08. The molecular formula is C22H18ClN3OS. The molecule has 1 atom stereocenters. The first-order valence-electron chi connectivity index (χ1n) is 9.37. The fourth-order valence-corrected chi connectivity index (χ4v) is 4.92. The van der Waals surface area contributed by atoms with Crippen LogP contribution in [0.4, 0.5) is 0 Å². The molecule has 0 radical (unpaired) electrons. The maximum atomic E-state index is 12.8. The van der Waals surface area contributed by atoms with E-state index in [1.165, 1.54) is 4.88 Å². The second kappa shape index (κ2) is 6.83. The van der Waals surface area contributed by atoms with Crippen molar-refractivity contribution in [3.8, 4) is 11.1 Å². The monoisotopic (exact) mass is 407 g/mol. The number of halogens is 1. The number of carbonyl (C=O) groups excluding carboxylic acids is 1. The highest BCUT2D eigenvalue weighted by Crippen LogP contribution is 2.36. The van der Waals surface area contributed by atoms with Gasteiger partial charge >= 0.3 is 0 Å². The van der Waals surface area contributed by atoms with Crippen LogP contribution < -0.4 is 0 Å². The van der Waals surface area contributed by atoms with Crippen molar-refractivity contribution in [3.05, 3.63) is 74.8 Å². The zero-order valence-corrected chi connectivity index (χ0v) is 16.9. The molecule has 0 amide bonds. The lowest BCUT2D eigenvalue weighted by molar-refractivity contribution is 0.0963. The molecule has 1 aromatic carbocycles. The summed E-state index contributed by atoms with van der Waals surface area (Å²) in [5, 5.41) is 7.48. The average Bonchev–Trinajstić information content (AvgIpc) is 3.35. The topological polar surface area (TPSA) is 47.3 Å². The van der Waals surface area contributed by atoms with Crippen LogP contribution >= 0.6 is 22.9 Å². The first-order chi connectivity index (χ1) is 13.6. The molecule has 4 aromatic rings. The van der Waals surface area contributed by atoms with Crippen LogP contribution in [0.3, 0.4) is 0 Å². The van der Waals surface area contributed by atoms with Gasteiger partial charge in [0.05, 0.1) is 17.0 Å². The summed E-state index contributed by atoms with van der Waals surface area (Å²) < 4.78 is 1.77. The van der Waals surface area contributed by atoms with Crippen molar-refractivity contribution >= 4 is 34.4 Å². The van der Waals surface area contributed by atoms with Crippen molar-refractivity contribution in [3.63, 3.8) is 0 Å². The molecule has 0 saturated carbocycles.